The second kappa shape index (κ2) is 4.97. The third-order valence-corrected chi connectivity index (χ3v) is 4.51. The zero-order valence-corrected chi connectivity index (χ0v) is 11.7. The highest BCUT2D eigenvalue weighted by atomic mass is 32.2. The first-order chi connectivity index (χ1) is 8.65. The lowest BCUT2D eigenvalue weighted by atomic mass is 9.87. The molecule has 0 aliphatic heterocycles. The minimum Gasteiger partial charge on any atom is -0.476 e. The average molecular weight is 282 g/mol. The zero-order chi connectivity index (χ0) is 14.8. The molecule has 0 radical (unpaired) electrons. The van der Waals surface area contributed by atoms with Crippen LogP contribution in [0.1, 0.15) is 36.8 Å². The van der Waals surface area contributed by atoms with Crippen LogP contribution < -0.4 is 0 Å². The van der Waals surface area contributed by atoms with Crippen molar-refractivity contribution in [1.82, 2.24) is 4.98 Å². The lowest BCUT2D eigenvalue weighted by Gasteiger charge is -2.17. The Bertz CT molecular complexity index is 657. The second-order valence-corrected chi connectivity index (χ2v) is 6.76. The minimum atomic E-state index is -3.72. The monoisotopic (exact) mass is 282 g/mol. The number of sulfone groups is 1. The zero-order valence-electron chi connectivity index (χ0n) is 10.8. The predicted molar refractivity (Wildman–Crippen MR) is 67.6 cm³/mol. The lowest BCUT2D eigenvalue weighted by Crippen LogP contribution is -2.19. The van der Waals surface area contributed by atoms with E-state index in [1.54, 1.807) is 13.8 Å². The third-order valence-electron chi connectivity index (χ3n) is 2.77. The lowest BCUT2D eigenvalue weighted by molar-refractivity contribution is 0.0685. The Morgan fingerprint density at radius 1 is 1.53 bits per heavy atom. The van der Waals surface area contributed by atoms with Crippen molar-refractivity contribution in [3.8, 4) is 6.07 Å². The van der Waals surface area contributed by atoms with E-state index >= 15 is 0 Å². The van der Waals surface area contributed by atoms with Crippen molar-refractivity contribution < 1.29 is 18.3 Å². The van der Waals surface area contributed by atoms with E-state index in [0.717, 1.165) is 0 Å². The van der Waals surface area contributed by atoms with Crippen molar-refractivity contribution in [2.24, 2.45) is 0 Å². The fourth-order valence-electron chi connectivity index (χ4n) is 1.40. The molecular weight excluding hydrogens is 268 g/mol. The maximum absolute atomic E-state index is 11.9. The quantitative estimate of drug-likeness (QED) is 0.893. The molecule has 1 aromatic heterocycles. The van der Waals surface area contributed by atoms with E-state index in [0.29, 0.717) is 5.56 Å². The predicted octanol–water partition coefficient (Wildman–Crippen LogP) is 1.37. The number of carboxylic acid groups (broad SMARTS) is 1. The molecule has 0 amide bonds. The molecule has 0 bridgehead atoms. The van der Waals surface area contributed by atoms with Crippen LogP contribution in [0.25, 0.3) is 0 Å². The topological polar surface area (TPSA) is 108 Å². The molecular formula is C12H14N2O4S. The van der Waals surface area contributed by atoms with Crippen molar-refractivity contribution in [3.05, 3.63) is 23.5 Å². The normalized spacial score (nSPS) is 11.9. The summed E-state index contributed by atoms with van der Waals surface area (Å²) in [6.45, 7) is 4.63. The number of nitrogens with zero attached hydrogens (tertiary/aromatic N) is 2. The van der Waals surface area contributed by atoms with E-state index in [1.807, 2.05) is 6.07 Å². The second-order valence-electron chi connectivity index (χ2n) is 4.52. The number of carboxylic acids is 1. The molecule has 0 saturated carbocycles. The molecule has 0 saturated heterocycles. The van der Waals surface area contributed by atoms with Crippen LogP contribution in [0.4, 0.5) is 0 Å². The highest BCUT2D eigenvalue weighted by Gasteiger charge is 2.27. The Morgan fingerprint density at radius 2 is 2.11 bits per heavy atom. The summed E-state index contributed by atoms with van der Waals surface area (Å²) in [5, 5.41) is 18.0. The Hall–Kier alpha value is -1.94. The van der Waals surface area contributed by atoms with Gasteiger partial charge in [0.25, 0.3) is 0 Å². The van der Waals surface area contributed by atoms with Gasteiger partial charge in [0.1, 0.15) is 4.90 Å². The molecule has 0 spiro atoms. The molecule has 102 valence electrons. The number of aromatic nitrogens is 1. The number of aromatic carboxylic acids is 1. The van der Waals surface area contributed by atoms with E-state index < -0.39 is 26.9 Å². The number of nitriles is 1. The molecule has 0 atom stereocenters. The van der Waals surface area contributed by atoms with Crippen molar-refractivity contribution >= 4 is 15.8 Å². The van der Waals surface area contributed by atoms with Gasteiger partial charge in [0.15, 0.2) is 15.5 Å². The summed E-state index contributed by atoms with van der Waals surface area (Å²) in [7, 11) is -3.72. The smallest absolute Gasteiger partial charge is 0.355 e. The van der Waals surface area contributed by atoms with Gasteiger partial charge in [-0.05, 0) is 25.5 Å². The summed E-state index contributed by atoms with van der Waals surface area (Å²) < 4.78 is 23.8. The molecule has 1 aromatic rings. The van der Waals surface area contributed by atoms with Crippen LogP contribution in [0.3, 0.4) is 0 Å². The molecule has 6 nitrogen and oxygen atoms in total. The number of carbonyl (C=O) groups is 1. The van der Waals surface area contributed by atoms with Gasteiger partial charge in [-0.15, -0.1) is 0 Å². The van der Waals surface area contributed by atoms with Crippen LogP contribution in [0.2, 0.25) is 0 Å². The molecule has 1 heterocycles. The van der Waals surface area contributed by atoms with Gasteiger partial charge >= 0.3 is 5.97 Å². The van der Waals surface area contributed by atoms with Gasteiger partial charge in [0.05, 0.1) is 17.2 Å². The molecule has 1 N–H and O–H groups in total. The van der Waals surface area contributed by atoms with Crippen molar-refractivity contribution in [1.29, 1.82) is 5.26 Å². The van der Waals surface area contributed by atoms with Gasteiger partial charge in [-0.1, -0.05) is 6.92 Å². The largest absolute Gasteiger partial charge is 0.476 e. The summed E-state index contributed by atoms with van der Waals surface area (Å²) in [6, 6.07) is 3.24. The Kier molecular flexibility index (Phi) is 3.96. The van der Waals surface area contributed by atoms with Crippen LogP contribution in [0.5, 0.6) is 0 Å². The molecule has 7 heteroatoms. The average Bonchev–Trinajstić information content (AvgIpc) is 2.37. The summed E-state index contributed by atoms with van der Waals surface area (Å²) in [5.41, 5.74) is -1.09. The Morgan fingerprint density at radius 3 is 2.53 bits per heavy atom. The number of rotatable bonds is 4. The standard InChI is InChI=1S/C12H14N2O4S/c1-4-19(17,18)9-5-8(12(2,3)7-13)6-14-10(9)11(15)16/h5-6H,4H2,1-3H3,(H,15,16). The highest BCUT2D eigenvalue weighted by Crippen LogP contribution is 2.26. The van der Waals surface area contributed by atoms with Crippen LogP contribution in [-0.4, -0.2) is 30.2 Å². The van der Waals surface area contributed by atoms with Crippen molar-refractivity contribution in [2.75, 3.05) is 5.75 Å². The fraction of sp³-hybridized carbons (Fsp3) is 0.417. The van der Waals surface area contributed by atoms with E-state index in [2.05, 4.69) is 4.98 Å². The number of pyridine rings is 1. The summed E-state index contributed by atoms with van der Waals surface area (Å²) >= 11 is 0. The molecule has 0 fully saturated rings. The van der Waals surface area contributed by atoms with E-state index in [-0.39, 0.29) is 10.6 Å². The minimum absolute atomic E-state index is 0.231. The Balaban J connectivity index is 3.63. The fourth-order valence-corrected chi connectivity index (χ4v) is 2.46. The van der Waals surface area contributed by atoms with E-state index in [1.165, 1.54) is 19.2 Å². The molecule has 0 aliphatic carbocycles. The van der Waals surface area contributed by atoms with Crippen molar-refractivity contribution in [3.63, 3.8) is 0 Å². The number of hydrogen-bond acceptors (Lipinski definition) is 5. The molecule has 0 unspecified atom stereocenters. The third kappa shape index (κ3) is 2.90. The van der Waals surface area contributed by atoms with Gasteiger partial charge in [-0.25, -0.2) is 18.2 Å². The highest BCUT2D eigenvalue weighted by molar-refractivity contribution is 7.91. The summed E-state index contributed by atoms with van der Waals surface area (Å²) in [5.74, 6) is -1.64. The first kappa shape index (κ1) is 15.1. The van der Waals surface area contributed by atoms with Gasteiger partial charge in [0, 0.05) is 6.20 Å². The van der Waals surface area contributed by atoms with Gasteiger partial charge in [-0.2, -0.15) is 5.26 Å². The van der Waals surface area contributed by atoms with Crippen LogP contribution in [0, 0.1) is 11.3 Å². The molecule has 0 aromatic carbocycles. The maximum atomic E-state index is 11.9. The SMILES string of the molecule is CCS(=O)(=O)c1cc(C(C)(C)C#N)cnc1C(=O)O. The number of hydrogen-bond donors (Lipinski definition) is 1. The Labute approximate surface area is 111 Å². The summed E-state index contributed by atoms with van der Waals surface area (Å²) in [6.07, 6.45) is 1.22. The van der Waals surface area contributed by atoms with Gasteiger partial charge in [-0.3, -0.25) is 0 Å². The first-order valence-corrected chi connectivity index (χ1v) is 7.18. The van der Waals surface area contributed by atoms with E-state index in [9.17, 15) is 13.2 Å². The van der Waals surface area contributed by atoms with Crippen LogP contribution in [0.15, 0.2) is 17.2 Å². The summed E-state index contributed by atoms with van der Waals surface area (Å²) in [4.78, 5) is 14.4. The van der Waals surface area contributed by atoms with Crippen LogP contribution >= 0.6 is 0 Å². The van der Waals surface area contributed by atoms with Crippen LogP contribution in [-0.2, 0) is 15.3 Å². The molecule has 19 heavy (non-hydrogen) atoms. The van der Waals surface area contributed by atoms with Crippen molar-refractivity contribution in [2.45, 2.75) is 31.1 Å². The van der Waals surface area contributed by atoms with Gasteiger partial charge in [0.2, 0.25) is 0 Å². The van der Waals surface area contributed by atoms with E-state index in [4.69, 9.17) is 10.4 Å². The molecule has 0 aliphatic rings. The molecule has 1 rings (SSSR count). The first-order valence-electron chi connectivity index (χ1n) is 5.53. The maximum Gasteiger partial charge on any atom is 0.355 e. The van der Waals surface area contributed by atoms with Gasteiger partial charge < -0.3 is 5.11 Å².